The number of carboxylic acids is 1. The molecule has 0 spiro atoms. The molecule has 1 aromatic heterocycles. The number of pyridine rings is 1. The lowest BCUT2D eigenvalue weighted by Gasteiger charge is -2.11. The van der Waals surface area contributed by atoms with E-state index in [9.17, 15) is 9.59 Å². The molecule has 17 heavy (non-hydrogen) atoms. The fraction of sp³-hybridized carbons (Fsp3) is 0.364. The summed E-state index contributed by atoms with van der Waals surface area (Å²) in [6.07, 6.45) is 1.64. The van der Waals surface area contributed by atoms with Crippen molar-refractivity contribution >= 4 is 12.0 Å². The molecule has 0 radical (unpaired) electrons. The van der Waals surface area contributed by atoms with Crippen molar-refractivity contribution < 1.29 is 14.7 Å². The molecule has 0 unspecified atom stereocenters. The van der Waals surface area contributed by atoms with Crippen LogP contribution in [0.5, 0.6) is 0 Å². The molecule has 0 bridgehead atoms. The molecule has 1 rings (SSSR count). The number of rotatable bonds is 4. The molecule has 6 nitrogen and oxygen atoms in total. The van der Waals surface area contributed by atoms with E-state index in [1.165, 1.54) is 6.92 Å². The van der Waals surface area contributed by atoms with Crippen molar-refractivity contribution in [3.8, 4) is 0 Å². The van der Waals surface area contributed by atoms with Gasteiger partial charge in [-0.2, -0.15) is 0 Å². The van der Waals surface area contributed by atoms with Crippen molar-refractivity contribution in [1.82, 2.24) is 15.6 Å². The second-order valence-corrected chi connectivity index (χ2v) is 3.65. The Morgan fingerprint density at radius 1 is 1.53 bits per heavy atom. The Labute approximate surface area is 99.1 Å². The Bertz CT molecular complexity index is 420. The summed E-state index contributed by atoms with van der Waals surface area (Å²) in [4.78, 5) is 25.9. The standard InChI is InChI=1S/C11H15N3O3/c1-7-4-3-5-12-9(7)6-13-11(17)14-8(2)10(15)16/h3-5,8H,6H2,1-2H3,(H,15,16)(H2,13,14,17)/t8-/m0/s1. The molecule has 92 valence electrons. The Kier molecular flexibility index (Phi) is 4.45. The first-order valence-electron chi connectivity index (χ1n) is 5.18. The zero-order chi connectivity index (χ0) is 12.8. The van der Waals surface area contributed by atoms with Crippen LogP contribution in [0.4, 0.5) is 4.79 Å². The summed E-state index contributed by atoms with van der Waals surface area (Å²) < 4.78 is 0. The number of nitrogens with zero attached hydrogens (tertiary/aromatic N) is 1. The van der Waals surface area contributed by atoms with E-state index in [0.717, 1.165) is 11.3 Å². The summed E-state index contributed by atoms with van der Waals surface area (Å²) in [5.41, 5.74) is 1.73. The van der Waals surface area contributed by atoms with Crippen LogP contribution in [0.25, 0.3) is 0 Å². The lowest BCUT2D eigenvalue weighted by Crippen LogP contribution is -2.44. The van der Waals surface area contributed by atoms with Crippen LogP contribution in [0.3, 0.4) is 0 Å². The number of hydrogen-bond donors (Lipinski definition) is 3. The third-order valence-electron chi connectivity index (χ3n) is 2.25. The smallest absolute Gasteiger partial charge is 0.325 e. The SMILES string of the molecule is Cc1cccnc1CNC(=O)N[C@@H](C)C(=O)O. The molecule has 1 atom stereocenters. The number of urea groups is 1. The number of hydrogen-bond acceptors (Lipinski definition) is 3. The zero-order valence-electron chi connectivity index (χ0n) is 9.73. The number of nitrogens with one attached hydrogen (secondary N) is 2. The van der Waals surface area contributed by atoms with E-state index in [1.54, 1.807) is 6.20 Å². The van der Waals surface area contributed by atoms with E-state index in [2.05, 4.69) is 15.6 Å². The average molecular weight is 237 g/mol. The van der Waals surface area contributed by atoms with Crippen molar-refractivity contribution in [2.75, 3.05) is 0 Å². The summed E-state index contributed by atoms with van der Waals surface area (Å²) in [5.74, 6) is -1.07. The van der Waals surface area contributed by atoms with E-state index < -0.39 is 18.0 Å². The predicted molar refractivity (Wildman–Crippen MR) is 61.4 cm³/mol. The van der Waals surface area contributed by atoms with E-state index in [1.807, 2.05) is 19.1 Å². The molecule has 0 aromatic carbocycles. The fourth-order valence-corrected chi connectivity index (χ4v) is 1.18. The van der Waals surface area contributed by atoms with Gasteiger partial charge < -0.3 is 15.7 Å². The quantitative estimate of drug-likeness (QED) is 0.717. The van der Waals surface area contributed by atoms with Gasteiger partial charge in [0.1, 0.15) is 6.04 Å². The number of aryl methyl sites for hydroxylation is 1. The molecule has 0 aliphatic rings. The number of carbonyl (C=O) groups excluding carboxylic acids is 1. The highest BCUT2D eigenvalue weighted by Gasteiger charge is 2.13. The minimum absolute atomic E-state index is 0.269. The van der Waals surface area contributed by atoms with E-state index in [4.69, 9.17) is 5.11 Å². The molecule has 6 heteroatoms. The van der Waals surface area contributed by atoms with Crippen LogP contribution < -0.4 is 10.6 Å². The van der Waals surface area contributed by atoms with Crippen LogP contribution >= 0.6 is 0 Å². The van der Waals surface area contributed by atoms with Gasteiger partial charge in [-0.15, -0.1) is 0 Å². The Hall–Kier alpha value is -2.11. The lowest BCUT2D eigenvalue weighted by atomic mass is 10.2. The van der Waals surface area contributed by atoms with Gasteiger partial charge in [-0.1, -0.05) is 6.07 Å². The fourth-order valence-electron chi connectivity index (χ4n) is 1.18. The molecule has 3 N–H and O–H groups in total. The van der Waals surface area contributed by atoms with Gasteiger partial charge in [0.25, 0.3) is 0 Å². The van der Waals surface area contributed by atoms with E-state index in [-0.39, 0.29) is 6.54 Å². The molecule has 0 saturated heterocycles. The van der Waals surface area contributed by atoms with Gasteiger partial charge in [0.2, 0.25) is 0 Å². The van der Waals surface area contributed by atoms with Crippen LogP contribution in [0.15, 0.2) is 18.3 Å². The minimum Gasteiger partial charge on any atom is -0.480 e. The maximum Gasteiger partial charge on any atom is 0.325 e. The minimum atomic E-state index is -1.07. The van der Waals surface area contributed by atoms with Gasteiger partial charge in [0.15, 0.2) is 0 Å². The molecule has 2 amide bonds. The Balaban J connectivity index is 2.44. The Morgan fingerprint density at radius 2 is 2.24 bits per heavy atom. The summed E-state index contributed by atoms with van der Waals surface area (Å²) in [7, 11) is 0. The van der Waals surface area contributed by atoms with Gasteiger partial charge in [-0.25, -0.2) is 4.79 Å². The number of aliphatic carboxylic acids is 1. The molecular formula is C11H15N3O3. The van der Waals surface area contributed by atoms with Crippen LogP contribution in [-0.4, -0.2) is 28.1 Å². The first-order valence-corrected chi connectivity index (χ1v) is 5.18. The first kappa shape index (κ1) is 13.0. The summed E-state index contributed by atoms with van der Waals surface area (Å²) >= 11 is 0. The number of amides is 2. The van der Waals surface area contributed by atoms with Crippen molar-refractivity contribution in [2.45, 2.75) is 26.4 Å². The molecule has 0 aliphatic heterocycles. The van der Waals surface area contributed by atoms with Gasteiger partial charge in [-0.05, 0) is 25.5 Å². The average Bonchev–Trinajstić information content (AvgIpc) is 2.27. The molecule has 1 aromatic rings. The number of carbonyl (C=O) groups is 2. The van der Waals surface area contributed by atoms with Crippen molar-refractivity contribution in [3.63, 3.8) is 0 Å². The molecular weight excluding hydrogens is 222 g/mol. The maximum absolute atomic E-state index is 11.3. The van der Waals surface area contributed by atoms with Gasteiger partial charge in [-0.3, -0.25) is 9.78 Å². The number of carboxylic acid groups (broad SMARTS) is 1. The van der Waals surface area contributed by atoms with E-state index in [0.29, 0.717) is 0 Å². The lowest BCUT2D eigenvalue weighted by molar-refractivity contribution is -0.138. The molecule has 0 saturated carbocycles. The normalized spacial score (nSPS) is 11.6. The van der Waals surface area contributed by atoms with E-state index >= 15 is 0 Å². The highest BCUT2D eigenvalue weighted by Crippen LogP contribution is 2.01. The molecule has 0 aliphatic carbocycles. The molecule has 1 heterocycles. The number of aromatic nitrogens is 1. The first-order chi connectivity index (χ1) is 8.00. The van der Waals surface area contributed by atoms with Gasteiger partial charge in [0.05, 0.1) is 12.2 Å². The van der Waals surface area contributed by atoms with Crippen LogP contribution in [0, 0.1) is 6.92 Å². The van der Waals surface area contributed by atoms with Gasteiger partial charge >= 0.3 is 12.0 Å². The topological polar surface area (TPSA) is 91.3 Å². The summed E-state index contributed by atoms with van der Waals surface area (Å²) in [6, 6.07) is 2.26. The highest BCUT2D eigenvalue weighted by molar-refractivity contribution is 5.82. The third-order valence-corrected chi connectivity index (χ3v) is 2.25. The second-order valence-electron chi connectivity index (χ2n) is 3.65. The Morgan fingerprint density at radius 3 is 2.82 bits per heavy atom. The summed E-state index contributed by atoms with van der Waals surface area (Å²) in [5, 5.41) is 13.4. The van der Waals surface area contributed by atoms with Gasteiger partial charge in [0, 0.05) is 6.20 Å². The highest BCUT2D eigenvalue weighted by atomic mass is 16.4. The predicted octanol–water partition coefficient (Wildman–Crippen LogP) is 0.662. The second kappa shape index (κ2) is 5.83. The van der Waals surface area contributed by atoms with Crippen molar-refractivity contribution in [1.29, 1.82) is 0 Å². The monoisotopic (exact) mass is 237 g/mol. The maximum atomic E-state index is 11.3. The summed E-state index contributed by atoms with van der Waals surface area (Å²) in [6.45, 7) is 3.56. The van der Waals surface area contributed by atoms with Crippen LogP contribution in [0.2, 0.25) is 0 Å². The third kappa shape index (κ3) is 4.10. The van der Waals surface area contributed by atoms with Crippen LogP contribution in [0.1, 0.15) is 18.2 Å². The van der Waals surface area contributed by atoms with Crippen LogP contribution in [-0.2, 0) is 11.3 Å². The largest absolute Gasteiger partial charge is 0.480 e. The van der Waals surface area contributed by atoms with Crippen molar-refractivity contribution in [2.24, 2.45) is 0 Å². The zero-order valence-corrected chi connectivity index (χ0v) is 9.73. The van der Waals surface area contributed by atoms with Crippen molar-refractivity contribution in [3.05, 3.63) is 29.6 Å². The molecule has 0 fully saturated rings.